The van der Waals surface area contributed by atoms with Crippen molar-refractivity contribution in [3.05, 3.63) is 65.2 Å². The summed E-state index contributed by atoms with van der Waals surface area (Å²) in [6.45, 7) is 1.87. The smallest absolute Gasteiger partial charge is 0.148 e. The molecular weight excluding hydrogens is 372 g/mol. The molecule has 3 aromatic heterocycles. The third-order valence-electron chi connectivity index (χ3n) is 4.90. The van der Waals surface area contributed by atoms with Gasteiger partial charge in [-0.05, 0) is 49.6 Å². The molecule has 1 saturated heterocycles. The molecule has 0 atom stereocenters. The van der Waals surface area contributed by atoms with Gasteiger partial charge in [0.25, 0.3) is 0 Å². The molecule has 0 unspecified atom stereocenters. The van der Waals surface area contributed by atoms with Crippen molar-refractivity contribution in [3.8, 4) is 11.3 Å². The lowest BCUT2D eigenvalue weighted by Crippen LogP contribution is -2.30. The summed E-state index contributed by atoms with van der Waals surface area (Å²) >= 11 is 6.40. The molecule has 0 saturated carbocycles. The molecule has 1 aliphatic rings. The zero-order chi connectivity index (χ0) is 19.5. The largest absolute Gasteiger partial charge is 0.397 e. The number of nitrogens with two attached hydrogens (primary N) is 1. The van der Waals surface area contributed by atoms with Gasteiger partial charge in [-0.3, -0.25) is 15.4 Å². The molecule has 3 N–H and O–H groups in total. The second-order valence-electron chi connectivity index (χ2n) is 6.82. The van der Waals surface area contributed by atoms with Crippen LogP contribution in [0, 0.1) is 5.41 Å². The number of rotatable bonds is 4. The Balaban J connectivity index is 1.70. The van der Waals surface area contributed by atoms with E-state index in [1.165, 1.54) is 6.42 Å². The van der Waals surface area contributed by atoms with Crippen LogP contribution < -0.4 is 10.6 Å². The number of nitrogens with zero attached hydrogens (tertiary/aromatic N) is 4. The van der Waals surface area contributed by atoms with Gasteiger partial charge in [0.1, 0.15) is 5.82 Å². The van der Waals surface area contributed by atoms with Crippen LogP contribution in [0.15, 0.2) is 48.9 Å². The number of pyridine rings is 3. The van der Waals surface area contributed by atoms with Crippen molar-refractivity contribution >= 4 is 28.8 Å². The molecular formula is C21H21ClN6. The first kappa shape index (κ1) is 18.4. The van der Waals surface area contributed by atoms with Crippen LogP contribution >= 0.6 is 11.6 Å². The topological polar surface area (TPSA) is 91.8 Å². The number of halogens is 1. The van der Waals surface area contributed by atoms with Crippen molar-refractivity contribution in [2.75, 3.05) is 23.7 Å². The quantitative estimate of drug-likeness (QED) is 0.650. The summed E-state index contributed by atoms with van der Waals surface area (Å²) < 4.78 is 0. The Labute approximate surface area is 168 Å². The Bertz CT molecular complexity index is 999. The van der Waals surface area contributed by atoms with Crippen LogP contribution in [0.25, 0.3) is 11.3 Å². The minimum Gasteiger partial charge on any atom is -0.397 e. The van der Waals surface area contributed by atoms with E-state index in [9.17, 15) is 0 Å². The van der Waals surface area contributed by atoms with Gasteiger partial charge in [-0.1, -0.05) is 11.6 Å². The highest BCUT2D eigenvalue weighted by molar-refractivity contribution is 6.33. The third kappa shape index (κ3) is 3.68. The van der Waals surface area contributed by atoms with Gasteiger partial charge in [0.15, 0.2) is 0 Å². The molecule has 1 fully saturated rings. The molecule has 6 nitrogen and oxygen atoms in total. The second-order valence-corrected chi connectivity index (χ2v) is 7.23. The SMILES string of the molecule is N=C(c1ccc(Cl)c(N2CCCCC2)n1)c1cc(-c2cccnc2)ncc1N. The third-order valence-corrected chi connectivity index (χ3v) is 5.20. The summed E-state index contributed by atoms with van der Waals surface area (Å²) in [5.74, 6) is 0.740. The van der Waals surface area contributed by atoms with Crippen LogP contribution in [0.2, 0.25) is 5.02 Å². The summed E-state index contributed by atoms with van der Waals surface area (Å²) in [4.78, 5) is 15.4. The van der Waals surface area contributed by atoms with Gasteiger partial charge >= 0.3 is 0 Å². The molecule has 3 aromatic rings. The first-order valence-corrected chi connectivity index (χ1v) is 9.68. The molecule has 4 heterocycles. The Morgan fingerprint density at radius 1 is 1.11 bits per heavy atom. The normalized spacial score (nSPS) is 14.1. The maximum Gasteiger partial charge on any atom is 0.148 e. The summed E-state index contributed by atoms with van der Waals surface area (Å²) in [5, 5.41) is 9.31. The van der Waals surface area contributed by atoms with E-state index in [0.717, 1.165) is 37.3 Å². The van der Waals surface area contributed by atoms with Crippen LogP contribution in [-0.4, -0.2) is 33.8 Å². The monoisotopic (exact) mass is 392 g/mol. The molecule has 0 aromatic carbocycles. The Morgan fingerprint density at radius 3 is 2.68 bits per heavy atom. The van der Waals surface area contributed by atoms with E-state index < -0.39 is 0 Å². The van der Waals surface area contributed by atoms with Crippen LogP contribution in [0.5, 0.6) is 0 Å². The standard InChI is InChI=1S/C21H21ClN6/c22-16-6-7-18(27-21(16)28-9-2-1-3-10-28)20(24)15-11-19(26-13-17(15)23)14-5-4-8-25-12-14/h4-8,11-13,24H,1-3,9-10,23H2. The number of piperidine rings is 1. The van der Waals surface area contributed by atoms with Crippen LogP contribution in [-0.2, 0) is 0 Å². The molecule has 7 heteroatoms. The maximum absolute atomic E-state index is 8.70. The lowest BCUT2D eigenvalue weighted by atomic mass is 10.0. The van der Waals surface area contributed by atoms with Crippen LogP contribution in [0.4, 0.5) is 11.5 Å². The van der Waals surface area contributed by atoms with Crippen LogP contribution in [0.1, 0.15) is 30.5 Å². The van der Waals surface area contributed by atoms with Gasteiger partial charge in [0.05, 0.1) is 34.0 Å². The van der Waals surface area contributed by atoms with E-state index in [4.69, 9.17) is 27.7 Å². The first-order chi connectivity index (χ1) is 13.6. The number of hydrogen-bond donors (Lipinski definition) is 2. The van der Waals surface area contributed by atoms with Gasteiger partial charge in [-0.25, -0.2) is 4.98 Å². The van der Waals surface area contributed by atoms with E-state index in [1.54, 1.807) is 24.7 Å². The summed E-state index contributed by atoms with van der Waals surface area (Å²) in [6.07, 6.45) is 8.52. The van der Waals surface area contributed by atoms with Gasteiger partial charge in [-0.15, -0.1) is 0 Å². The van der Waals surface area contributed by atoms with Crippen molar-refractivity contribution in [3.63, 3.8) is 0 Å². The average Bonchev–Trinajstić information content (AvgIpc) is 2.75. The van der Waals surface area contributed by atoms with Crippen molar-refractivity contribution in [2.45, 2.75) is 19.3 Å². The molecule has 4 rings (SSSR count). The predicted molar refractivity (Wildman–Crippen MR) is 113 cm³/mol. The number of nitrogen functional groups attached to an aromatic ring is 1. The second kappa shape index (κ2) is 7.94. The summed E-state index contributed by atoms with van der Waals surface area (Å²) in [5.41, 5.74) is 9.54. The van der Waals surface area contributed by atoms with Crippen molar-refractivity contribution in [1.29, 1.82) is 5.41 Å². The van der Waals surface area contributed by atoms with Crippen molar-refractivity contribution in [1.82, 2.24) is 15.0 Å². The van der Waals surface area contributed by atoms with Crippen molar-refractivity contribution in [2.24, 2.45) is 0 Å². The van der Waals surface area contributed by atoms with E-state index in [-0.39, 0.29) is 5.71 Å². The maximum atomic E-state index is 8.70. The highest BCUT2D eigenvalue weighted by atomic mass is 35.5. The fourth-order valence-electron chi connectivity index (χ4n) is 3.39. The molecule has 28 heavy (non-hydrogen) atoms. The molecule has 0 amide bonds. The van der Waals surface area contributed by atoms with Crippen LogP contribution in [0.3, 0.4) is 0 Å². The lowest BCUT2D eigenvalue weighted by molar-refractivity contribution is 0.573. The predicted octanol–water partition coefficient (Wildman–Crippen LogP) is 4.18. The summed E-state index contributed by atoms with van der Waals surface area (Å²) in [6, 6.07) is 9.16. The Morgan fingerprint density at radius 2 is 1.93 bits per heavy atom. The zero-order valence-corrected chi connectivity index (χ0v) is 16.2. The first-order valence-electron chi connectivity index (χ1n) is 9.30. The fraction of sp³-hybridized carbons (Fsp3) is 0.238. The number of aromatic nitrogens is 3. The van der Waals surface area contributed by atoms with E-state index in [2.05, 4.69) is 14.9 Å². The van der Waals surface area contributed by atoms with E-state index in [0.29, 0.717) is 27.7 Å². The van der Waals surface area contributed by atoms with Gasteiger partial charge in [0.2, 0.25) is 0 Å². The molecule has 0 bridgehead atoms. The fourth-order valence-corrected chi connectivity index (χ4v) is 3.62. The number of nitrogens with one attached hydrogen (secondary N) is 1. The number of hydrogen-bond acceptors (Lipinski definition) is 6. The highest BCUT2D eigenvalue weighted by Gasteiger charge is 2.19. The van der Waals surface area contributed by atoms with Crippen molar-refractivity contribution < 1.29 is 0 Å². The minimum atomic E-state index is 0.250. The molecule has 0 spiro atoms. The Hall–Kier alpha value is -2.99. The molecule has 0 radical (unpaired) electrons. The zero-order valence-electron chi connectivity index (χ0n) is 15.4. The average molecular weight is 393 g/mol. The van der Waals surface area contributed by atoms with Gasteiger partial charge in [-0.2, -0.15) is 0 Å². The van der Waals surface area contributed by atoms with Gasteiger partial charge < -0.3 is 10.6 Å². The van der Waals surface area contributed by atoms with E-state index in [1.807, 2.05) is 24.3 Å². The van der Waals surface area contributed by atoms with E-state index >= 15 is 0 Å². The summed E-state index contributed by atoms with van der Waals surface area (Å²) in [7, 11) is 0. The lowest BCUT2D eigenvalue weighted by Gasteiger charge is -2.28. The Kier molecular flexibility index (Phi) is 5.21. The van der Waals surface area contributed by atoms with Gasteiger partial charge in [0, 0.05) is 36.6 Å². The highest BCUT2D eigenvalue weighted by Crippen LogP contribution is 2.28. The number of anilines is 2. The molecule has 142 valence electrons. The molecule has 1 aliphatic heterocycles. The molecule has 0 aliphatic carbocycles. The minimum absolute atomic E-state index is 0.250.